The first-order chi connectivity index (χ1) is 17.6. The first-order valence-corrected chi connectivity index (χ1v) is 13.5. The molecule has 3 rings (SSSR count). The average Bonchev–Trinajstić information content (AvgIpc) is 2.84. The van der Waals surface area contributed by atoms with Gasteiger partial charge in [0.25, 0.3) is 0 Å². The monoisotopic (exact) mass is 541 g/mol. The van der Waals surface area contributed by atoms with Crippen LogP contribution in [0.2, 0.25) is 5.02 Å². The van der Waals surface area contributed by atoms with E-state index in [1.54, 1.807) is 18.9 Å². The molecule has 7 heteroatoms. The number of nitrogens with one attached hydrogen (secondary N) is 1. The van der Waals surface area contributed by atoms with Crippen molar-refractivity contribution in [2.75, 3.05) is 13.7 Å². The van der Waals surface area contributed by atoms with Gasteiger partial charge in [-0.15, -0.1) is 0 Å². The zero-order valence-corrected chi connectivity index (χ0v) is 23.7. The van der Waals surface area contributed by atoms with Gasteiger partial charge < -0.3 is 19.5 Å². The summed E-state index contributed by atoms with van der Waals surface area (Å²) >= 11 is 8.35. The third-order valence-electron chi connectivity index (χ3n) is 5.71. The molecular weight excluding hydrogens is 506 g/mol. The fourth-order valence-electron chi connectivity index (χ4n) is 3.85. The minimum Gasteiger partial charge on any atom is -0.489 e. The van der Waals surface area contributed by atoms with E-state index in [2.05, 4.69) is 5.32 Å². The number of methoxy groups -OCH3 is 1. The van der Waals surface area contributed by atoms with Gasteiger partial charge in [-0.2, -0.15) is 0 Å². The molecule has 0 aliphatic rings. The third kappa shape index (κ3) is 9.29. The van der Waals surface area contributed by atoms with Crippen molar-refractivity contribution in [3.05, 3.63) is 88.9 Å². The first kappa shape index (κ1) is 28.9. The van der Waals surface area contributed by atoms with Gasteiger partial charge in [-0.3, -0.25) is 0 Å². The van der Waals surface area contributed by atoms with Crippen LogP contribution in [-0.4, -0.2) is 30.9 Å². The Morgan fingerprint density at radius 2 is 1.70 bits per heavy atom. The van der Waals surface area contributed by atoms with Crippen LogP contribution in [0.4, 0.5) is 4.79 Å². The molecule has 198 valence electrons. The maximum atomic E-state index is 12.6. The van der Waals surface area contributed by atoms with E-state index in [0.717, 1.165) is 26.7 Å². The van der Waals surface area contributed by atoms with Gasteiger partial charge in [0.15, 0.2) is 0 Å². The zero-order chi connectivity index (χ0) is 26.9. The largest absolute Gasteiger partial charge is 0.489 e. The summed E-state index contributed by atoms with van der Waals surface area (Å²) in [4.78, 5) is 14.6. The van der Waals surface area contributed by atoms with Crippen LogP contribution >= 0.6 is 23.4 Å². The molecule has 0 bridgehead atoms. The number of benzene rings is 3. The lowest BCUT2D eigenvalue weighted by molar-refractivity contribution is 0.0349. The van der Waals surface area contributed by atoms with E-state index in [-0.39, 0.29) is 0 Å². The molecule has 3 aromatic rings. The highest BCUT2D eigenvalue weighted by Gasteiger charge is 2.33. The van der Waals surface area contributed by atoms with Crippen LogP contribution < -0.4 is 10.1 Å². The summed E-state index contributed by atoms with van der Waals surface area (Å²) in [7, 11) is 1.63. The number of ether oxygens (including phenoxy) is 3. The molecular formula is C30H36ClNO4S. The standard InChI is InChI=1S/C30H36ClNO4S/c1-6-30(21-34-5,32-28(33)36-29(2,3)4)19-23-15-16-26(18-27(23)31)37-25-14-10-13-24(17-25)35-20-22-11-8-7-9-12-22/h7-18H,6,19-21H2,1-5H3,(H,32,33). The maximum Gasteiger partial charge on any atom is 0.408 e. The van der Waals surface area contributed by atoms with E-state index in [9.17, 15) is 4.79 Å². The number of alkyl carbamates (subject to hydrolysis) is 1. The molecule has 1 atom stereocenters. The topological polar surface area (TPSA) is 56.8 Å². The summed E-state index contributed by atoms with van der Waals surface area (Å²) < 4.78 is 16.9. The number of hydrogen-bond acceptors (Lipinski definition) is 5. The van der Waals surface area contributed by atoms with Gasteiger partial charge in [0.05, 0.1) is 12.1 Å². The van der Waals surface area contributed by atoms with E-state index in [4.69, 9.17) is 25.8 Å². The SMILES string of the molecule is CCC(COC)(Cc1ccc(Sc2cccc(OCc3ccccc3)c2)cc1Cl)NC(=O)OC(C)(C)C. The van der Waals surface area contributed by atoms with Gasteiger partial charge in [0, 0.05) is 21.9 Å². The van der Waals surface area contributed by atoms with E-state index < -0.39 is 17.2 Å². The van der Waals surface area contributed by atoms with E-state index in [0.29, 0.717) is 31.1 Å². The van der Waals surface area contributed by atoms with Crippen molar-refractivity contribution in [1.82, 2.24) is 5.32 Å². The van der Waals surface area contributed by atoms with Gasteiger partial charge in [-0.25, -0.2) is 4.79 Å². The Balaban J connectivity index is 1.69. The smallest absolute Gasteiger partial charge is 0.408 e. The summed E-state index contributed by atoms with van der Waals surface area (Å²) in [5.41, 5.74) is 0.832. The summed E-state index contributed by atoms with van der Waals surface area (Å²) in [6, 6.07) is 24.1. The van der Waals surface area contributed by atoms with Crippen molar-refractivity contribution in [2.24, 2.45) is 0 Å². The Hall–Kier alpha value is -2.67. The summed E-state index contributed by atoms with van der Waals surface area (Å²) in [5, 5.41) is 3.67. The van der Waals surface area contributed by atoms with Gasteiger partial charge in [-0.05, 0) is 75.1 Å². The number of rotatable bonds is 11. The number of amides is 1. The molecule has 0 heterocycles. The molecule has 0 spiro atoms. The Morgan fingerprint density at radius 1 is 0.973 bits per heavy atom. The Kier molecular flexibility index (Phi) is 10.3. The summed E-state index contributed by atoms with van der Waals surface area (Å²) in [5.74, 6) is 0.817. The normalized spacial score (nSPS) is 13.0. The Morgan fingerprint density at radius 3 is 2.35 bits per heavy atom. The predicted octanol–water partition coefficient (Wildman–Crippen LogP) is 7.93. The van der Waals surface area contributed by atoms with Crippen LogP contribution in [0.1, 0.15) is 45.2 Å². The molecule has 0 aromatic heterocycles. The van der Waals surface area contributed by atoms with Gasteiger partial charge >= 0.3 is 6.09 Å². The predicted molar refractivity (Wildman–Crippen MR) is 151 cm³/mol. The lowest BCUT2D eigenvalue weighted by atomic mass is 9.89. The maximum absolute atomic E-state index is 12.6. The summed E-state index contributed by atoms with van der Waals surface area (Å²) in [6.07, 6.45) is 0.704. The molecule has 3 aromatic carbocycles. The van der Waals surface area contributed by atoms with Gasteiger partial charge in [0.1, 0.15) is 18.0 Å². The Bertz CT molecular complexity index is 1170. The molecule has 1 N–H and O–H groups in total. The first-order valence-electron chi connectivity index (χ1n) is 12.3. The van der Waals surface area contributed by atoms with Gasteiger partial charge in [0.2, 0.25) is 0 Å². The van der Waals surface area contributed by atoms with Crippen molar-refractivity contribution in [2.45, 2.75) is 68.1 Å². The van der Waals surface area contributed by atoms with Crippen LogP contribution in [0.15, 0.2) is 82.6 Å². The second-order valence-electron chi connectivity index (χ2n) is 9.97. The molecule has 1 amide bonds. The lowest BCUT2D eigenvalue weighted by Crippen LogP contribution is -2.54. The van der Waals surface area contributed by atoms with Crippen LogP contribution in [0.25, 0.3) is 0 Å². The van der Waals surface area contributed by atoms with E-state index >= 15 is 0 Å². The fourth-order valence-corrected chi connectivity index (χ4v) is 5.07. The van der Waals surface area contributed by atoms with E-state index in [1.807, 2.05) is 100 Å². The third-order valence-corrected chi connectivity index (χ3v) is 7.04. The lowest BCUT2D eigenvalue weighted by Gasteiger charge is -2.34. The number of halogens is 1. The van der Waals surface area contributed by atoms with Crippen LogP contribution in [0.3, 0.4) is 0 Å². The zero-order valence-electron chi connectivity index (χ0n) is 22.2. The molecule has 5 nitrogen and oxygen atoms in total. The minimum atomic E-state index is -0.639. The molecule has 0 radical (unpaired) electrons. The second kappa shape index (κ2) is 13.2. The number of carbonyl (C=O) groups is 1. The van der Waals surface area contributed by atoms with Crippen molar-refractivity contribution in [3.8, 4) is 5.75 Å². The van der Waals surface area contributed by atoms with Crippen molar-refractivity contribution in [1.29, 1.82) is 0 Å². The highest BCUT2D eigenvalue weighted by Crippen LogP contribution is 2.34. The minimum absolute atomic E-state index is 0.339. The average molecular weight is 542 g/mol. The second-order valence-corrected chi connectivity index (χ2v) is 11.5. The molecule has 0 fully saturated rings. The van der Waals surface area contributed by atoms with Crippen molar-refractivity contribution in [3.63, 3.8) is 0 Å². The van der Waals surface area contributed by atoms with Crippen molar-refractivity contribution >= 4 is 29.5 Å². The number of hydrogen-bond donors (Lipinski definition) is 1. The Labute approximate surface area is 229 Å². The van der Waals surface area contributed by atoms with E-state index in [1.165, 1.54) is 0 Å². The van der Waals surface area contributed by atoms with Crippen LogP contribution in [0.5, 0.6) is 5.75 Å². The molecule has 0 aliphatic carbocycles. The number of carbonyl (C=O) groups excluding carboxylic acids is 1. The quantitative estimate of drug-likeness (QED) is 0.267. The highest BCUT2D eigenvalue weighted by atomic mass is 35.5. The highest BCUT2D eigenvalue weighted by molar-refractivity contribution is 7.99. The molecule has 0 saturated carbocycles. The molecule has 0 aliphatic heterocycles. The fraction of sp³-hybridized carbons (Fsp3) is 0.367. The summed E-state index contributed by atoms with van der Waals surface area (Å²) in [6.45, 7) is 8.40. The van der Waals surface area contributed by atoms with Crippen molar-refractivity contribution < 1.29 is 19.0 Å². The van der Waals surface area contributed by atoms with Crippen LogP contribution in [0, 0.1) is 0 Å². The molecule has 37 heavy (non-hydrogen) atoms. The van der Waals surface area contributed by atoms with Crippen LogP contribution in [-0.2, 0) is 22.5 Å². The van der Waals surface area contributed by atoms with Gasteiger partial charge in [-0.1, -0.05) is 72.8 Å². The molecule has 0 saturated heterocycles. The molecule has 1 unspecified atom stereocenters.